The van der Waals surface area contributed by atoms with Crippen LogP contribution >= 0.6 is 0 Å². The summed E-state index contributed by atoms with van der Waals surface area (Å²) in [6.07, 6.45) is 12.7. The van der Waals surface area contributed by atoms with Crippen LogP contribution in [0.25, 0.3) is 5.65 Å². The van der Waals surface area contributed by atoms with E-state index in [1.807, 2.05) is 17.3 Å². The number of carbonyl (C=O) groups excluding carboxylic acids is 1. The fourth-order valence-corrected chi connectivity index (χ4v) is 5.42. The smallest absolute Gasteiger partial charge is 0.225 e. The summed E-state index contributed by atoms with van der Waals surface area (Å²) in [6, 6.07) is 0.298. The minimum absolute atomic E-state index is 0.0454. The Hall–Kier alpha value is -2.03. The molecule has 4 fully saturated rings. The number of nitrogens with zero attached hydrogens (tertiary/aromatic N) is 5. The second-order valence-electron chi connectivity index (χ2n) is 8.96. The summed E-state index contributed by atoms with van der Waals surface area (Å²) in [6.45, 7) is 3.87. The Morgan fingerprint density at radius 2 is 2.17 bits per heavy atom. The van der Waals surface area contributed by atoms with Crippen LogP contribution in [0.4, 0.5) is 0 Å². The van der Waals surface area contributed by atoms with Gasteiger partial charge in [-0.15, -0.1) is 0 Å². The molecule has 154 valence electrons. The highest BCUT2D eigenvalue weighted by atomic mass is 16.5. The highest BCUT2D eigenvalue weighted by Crippen LogP contribution is 2.42. The maximum Gasteiger partial charge on any atom is 0.225 e. The molecule has 29 heavy (non-hydrogen) atoms. The number of aromatic nitrogens is 3. The zero-order chi connectivity index (χ0) is 19.4. The van der Waals surface area contributed by atoms with Crippen LogP contribution < -0.4 is 0 Å². The number of rotatable bonds is 4. The molecule has 3 saturated heterocycles. The zero-order valence-electron chi connectivity index (χ0n) is 16.6. The average Bonchev–Trinajstić information content (AvgIpc) is 3.25. The third-order valence-electron chi connectivity index (χ3n) is 7.39. The van der Waals surface area contributed by atoms with E-state index in [1.54, 1.807) is 12.4 Å². The van der Waals surface area contributed by atoms with Crippen molar-refractivity contribution >= 4 is 11.6 Å². The minimum Gasteiger partial charge on any atom is -0.374 e. The Morgan fingerprint density at radius 1 is 1.24 bits per heavy atom. The van der Waals surface area contributed by atoms with Crippen LogP contribution in [0, 0.1) is 0 Å². The van der Waals surface area contributed by atoms with Gasteiger partial charge in [0.25, 0.3) is 0 Å². The molecule has 2 aromatic heterocycles. The second-order valence-corrected chi connectivity index (χ2v) is 8.96. The molecule has 4 aliphatic rings. The molecular formula is C21H27N5O3. The van der Waals surface area contributed by atoms with Gasteiger partial charge in [-0.05, 0) is 25.7 Å². The number of ether oxygens (including phenoxy) is 2. The maximum atomic E-state index is 12.8. The highest BCUT2D eigenvalue weighted by Gasteiger charge is 2.49. The predicted octanol–water partition coefficient (Wildman–Crippen LogP) is 1.24. The van der Waals surface area contributed by atoms with Crippen molar-refractivity contribution < 1.29 is 14.3 Å². The number of morpholine rings is 1. The summed E-state index contributed by atoms with van der Waals surface area (Å²) in [5.74, 6) is 0.215. The molecule has 3 atom stereocenters. The summed E-state index contributed by atoms with van der Waals surface area (Å²) < 4.78 is 14.0. The van der Waals surface area contributed by atoms with Crippen molar-refractivity contribution in [3.8, 4) is 0 Å². The lowest BCUT2D eigenvalue weighted by molar-refractivity contribution is -0.165. The molecule has 1 unspecified atom stereocenters. The fourth-order valence-electron chi connectivity index (χ4n) is 5.42. The van der Waals surface area contributed by atoms with Crippen molar-refractivity contribution in [3.05, 3.63) is 30.5 Å². The lowest BCUT2D eigenvalue weighted by atomic mass is 9.74. The molecule has 1 amide bonds. The van der Waals surface area contributed by atoms with Gasteiger partial charge >= 0.3 is 0 Å². The van der Waals surface area contributed by atoms with E-state index in [0.717, 1.165) is 50.6 Å². The summed E-state index contributed by atoms with van der Waals surface area (Å²) >= 11 is 0. The molecule has 1 spiro atoms. The van der Waals surface area contributed by atoms with E-state index >= 15 is 0 Å². The number of amides is 1. The first-order valence-electron chi connectivity index (χ1n) is 10.8. The summed E-state index contributed by atoms with van der Waals surface area (Å²) in [4.78, 5) is 26.0. The van der Waals surface area contributed by atoms with Crippen LogP contribution in [0.2, 0.25) is 0 Å². The van der Waals surface area contributed by atoms with Gasteiger partial charge in [-0.2, -0.15) is 0 Å². The molecule has 8 heteroatoms. The van der Waals surface area contributed by atoms with Gasteiger partial charge in [-0.3, -0.25) is 19.1 Å². The number of fused-ring (bicyclic) bond motifs is 2. The molecule has 0 N–H and O–H groups in total. The van der Waals surface area contributed by atoms with Crippen LogP contribution in [0.5, 0.6) is 0 Å². The molecule has 2 aromatic rings. The Labute approximate surface area is 169 Å². The Kier molecular flexibility index (Phi) is 4.14. The topological polar surface area (TPSA) is 72.2 Å². The van der Waals surface area contributed by atoms with Crippen LogP contribution in [0.15, 0.2) is 24.8 Å². The molecule has 6 rings (SSSR count). The largest absolute Gasteiger partial charge is 0.374 e. The lowest BCUT2D eigenvalue weighted by Crippen LogP contribution is -2.64. The van der Waals surface area contributed by atoms with Crippen molar-refractivity contribution in [1.82, 2.24) is 24.2 Å². The first-order valence-corrected chi connectivity index (χ1v) is 10.8. The monoisotopic (exact) mass is 397 g/mol. The number of hydrogen-bond acceptors (Lipinski definition) is 6. The molecule has 3 aliphatic heterocycles. The number of carbonyl (C=O) groups is 1. The summed E-state index contributed by atoms with van der Waals surface area (Å²) in [5.41, 5.74) is 2.16. The summed E-state index contributed by atoms with van der Waals surface area (Å²) in [5, 5.41) is 0. The van der Waals surface area contributed by atoms with Crippen LogP contribution in [-0.2, 0) is 20.8 Å². The van der Waals surface area contributed by atoms with Crippen molar-refractivity contribution in [1.29, 1.82) is 0 Å². The first kappa shape index (κ1) is 17.8. The van der Waals surface area contributed by atoms with Crippen molar-refractivity contribution in [2.45, 2.75) is 62.4 Å². The number of hydrogen-bond donors (Lipinski definition) is 0. The van der Waals surface area contributed by atoms with Crippen molar-refractivity contribution in [2.75, 3.05) is 26.3 Å². The van der Waals surface area contributed by atoms with Crippen LogP contribution in [-0.4, -0.2) is 80.2 Å². The third kappa shape index (κ3) is 2.88. The van der Waals surface area contributed by atoms with Gasteiger partial charge < -0.3 is 14.4 Å². The Bertz CT molecular complexity index is 926. The number of imidazole rings is 1. The third-order valence-corrected chi connectivity index (χ3v) is 7.39. The molecule has 0 bridgehead atoms. The second kappa shape index (κ2) is 6.75. The van der Waals surface area contributed by atoms with Crippen LogP contribution in [0.3, 0.4) is 0 Å². The van der Waals surface area contributed by atoms with E-state index in [2.05, 4.69) is 19.3 Å². The van der Waals surface area contributed by atoms with Crippen molar-refractivity contribution in [2.24, 2.45) is 0 Å². The highest BCUT2D eigenvalue weighted by molar-refractivity contribution is 5.78. The van der Waals surface area contributed by atoms with Gasteiger partial charge in [0, 0.05) is 44.2 Å². The van der Waals surface area contributed by atoms with Gasteiger partial charge in [0.15, 0.2) is 5.65 Å². The molecule has 1 saturated carbocycles. The van der Waals surface area contributed by atoms with E-state index in [9.17, 15) is 4.79 Å². The maximum absolute atomic E-state index is 12.8. The van der Waals surface area contributed by atoms with Crippen LogP contribution in [0.1, 0.15) is 37.8 Å². The molecule has 0 aromatic carbocycles. The molecule has 5 heterocycles. The summed E-state index contributed by atoms with van der Waals surface area (Å²) in [7, 11) is 0. The average molecular weight is 397 g/mol. The van der Waals surface area contributed by atoms with E-state index < -0.39 is 0 Å². The Morgan fingerprint density at radius 3 is 3.00 bits per heavy atom. The van der Waals surface area contributed by atoms with Gasteiger partial charge in [0.1, 0.15) is 0 Å². The number of likely N-dealkylation sites (tertiary alicyclic amines) is 1. The van der Waals surface area contributed by atoms with E-state index in [-0.39, 0.29) is 23.7 Å². The molecule has 1 aliphatic carbocycles. The Balaban J connectivity index is 1.16. The van der Waals surface area contributed by atoms with Gasteiger partial charge in [-0.1, -0.05) is 0 Å². The van der Waals surface area contributed by atoms with E-state index in [0.29, 0.717) is 12.5 Å². The van der Waals surface area contributed by atoms with E-state index in [1.165, 1.54) is 19.3 Å². The van der Waals surface area contributed by atoms with Crippen molar-refractivity contribution in [3.63, 3.8) is 0 Å². The molecular weight excluding hydrogens is 370 g/mol. The quantitative estimate of drug-likeness (QED) is 0.773. The predicted molar refractivity (Wildman–Crippen MR) is 104 cm³/mol. The van der Waals surface area contributed by atoms with Gasteiger partial charge in [0.05, 0.1) is 49.4 Å². The minimum atomic E-state index is -0.0454. The van der Waals surface area contributed by atoms with Gasteiger partial charge in [0.2, 0.25) is 5.91 Å². The normalized spacial score (nSPS) is 30.9. The lowest BCUT2D eigenvalue weighted by Gasteiger charge is -2.54. The first-order chi connectivity index (χ1) is 14.2. The van der Waals surface area contributed by atoms with E-state index in [4.69, 9.17) is 9.47 Å². The van der Waals surface area contributed by atoms with Gasteiger partial charge in [-0.25, -0.2) is 4.98 Å². The molecule has 8 nitrogen and oxygen atoms in total. The molecule has 0 radical (unpaired) electrons. The zero-order valence-corrected chi connectivity index (χ0v) is 16.6. The fraction of sp³-hybridized carbons (Fsp3) is 0.667. The SMILES string of the molecule is O=C(CC1CN(Cc2cnc3cnccn23)C2(CCC2)CO1)N1C[C@@H]2OCC[C@@H]21. The standard InChI is InChI=1S/C21H27N5O3/c27-20(26-13-18-17(26)2-7-28-18)8-16-12-24(21(14-29-16)3-1-4-21)11-15-9-23-19-10-22-5-6-25(15)19/h5-6,9-10,16-18H,1-4,7-8,11-14H2/t16?,17-,18-/m0/s1.